The molecule has 0 aromatic heterocycles. The Balaban J connectivity index is 2.44. The molecule has 4 heteroatoms. The van der Waals surface area contributed by atoms with Crippen molar-refractivity contribution < 1.29 is 9.53 Å². The topological polar surface area (TPSA) is 41.6 Å². The summed E-state index contributed by atoms with van der Waals surface area (Å²) < 4.78 is 5.39. The molecule has 0 fully saturated rings. The SMILES string of the molecule is CCO[C@@H](C)CNC(=O)N(CC)Cc1ccccc1. The van der Waals surface area contributed by atoms with Crippen molar-refractivity contribution in [2.24, 2.45) is 0 Å². The molecule has 0 aliphatic carbocycles. The Hall–Kier alpha value is -1.55. The largest absolute Gasteiger partial charge is 0.377 e. The van der Waals surface area contributed by atoms with Crippen LogP contribution in [-0.2, 0) is 11.3 Å². The molecule has 1 atom stereocenters. The maximum atomic E-state index is 12.0. The van der Waals surface area contributed by atoms with Crippen molar-refractivity contribution in [3.8, 4) is 0 Å². The van der Waals surface area contributed by atoms with Crippen LogP contribution in [0.25, 0.3) is 0 Å². The molecular weight excluding hydrogens is 240 g/mol. The highest BCUT2D eigenvalue weighted by molar-refractivity contribution is 5.74. The maximum Gasteiger partial charge on any atom is 0.317 e. The van der Waals surface area contributed by atoms with E-state index in [1.54, 1.807) is 4.90 Å². The zero-order valence-corrected chi connectivity index (χ0v) is 12.1. The minimum Gasteiger partial charge on any atom is -0.377 e. The van der Waals surface area contributed by atoms with Gasteiger partial charge in [0, 0.05) is 26.2 Å². The third kappa shape index (κ3) is 5.75. The Bertz CT molecular complexity index is 368. The second kappa shape index (κ2) is 8.53. The summed E-state index contributed by atoms with van der Waals surface area (Å²) in [5, 5.41) is 2.90. The van der Waals surface area contributed by atoms with Crippen LogP contribution in [0.4, 0.5) is 4.79 Å². The van der Waals surface area contributed by atoms with E-state index < -0.39 is 0 Å². The van der Waals surface area contributed by atoms with Crippen LogP contribution in [0.15, 0.2) is 30.3 Å². The molecule has 0 spiro atoms. The third-order valence-electron chi connectivity index (χ3n) is 2.88. The summed E-state index contributed by atoms with van der Waals surface area (Å²) in [7, 11) is 0. The van der Waals surface area contributed by atoms with Crippen molar-refractivity contribution in [1.82, 2.24) is 10.2 Å². The molecule has 0 bridgehead atoms. The second-order valence-electron chi connectivity index (χ2n) is 4.45. The highest BCUT2D eigenvalue weighted by Gasteiger charge is 2.12. The van der Waals surface area contributed by atoms with Crippen molar-refractivity contribution in [3.63, 3.8) is 0 Å². The number of carbonyl (C=O) groups excluding carboxylic acids is 1. The summed E-state index contributed by atoms with van der Waals surface area (Å²) in [5.41, 5.74) is 1.14. The molecule has 2 amide bonds. The van der Waals surface area contributed by atoms with Crippen LogP contribution in [0.1, 0.15) is 26.3 Å². The molecule has 1 aromatic rings. The maximum absolute atomic E-state index is 12.0. The number of ether oxygens (including phenoxy) is 1. The molecule has 0 aliphatic heterocycles. The predicted molar refractivity (Wildman–Crippen MR) is 77.0 cm³/mol. The molecule has 0 saturated carbocycles. The summed E-state index contributed by atoms with van der Waals surface area (Å²) in [6.45, 7) is 8.41. The van der Waals surface area contributed by atoms with E-state index in [4.69, 9.17) is 4.74 Å². The molecule has 1 aromatic carbocycles. The Labute approximate surface area is 115 Å². The van der Waals surface area contributed by atoms with Gasteiger partial charge >= 0.3 is 6.03 Å². The molecule has 0 heterocycles. The molecule has 0 aliphatic rings. The minimum atomic E-state index is -0.0436. The number of benzene rings is 1. The lowest BCUT2D eigenvalue weighted by atomic mass is 10.2. The Morgan fingerprint density at radius 2 is 2.00 bits per heavy atom. The van der Waals surface area contributed by atoms with E-state index in [0.717, 1.165) is 5.56 Å². The van der Waals surface area contributed by atoms with Gasteiger partial charge in [0.2, 0.25) is 0 Å². The van der Waals surface area contributed by atoms with E-state index in [2.05, 4.69) is 5.32 Å². The van der Waals surface area contributed by atoms with Gasteiger partial charge in [-0.05, 0) is 26.3 Å². The van der Waals surface area contributed by atoms with Gasteiger partial charge in [0.05, 0.1) is 6.10 Å². The lowest BCUT2D eigenvalue weighted by Gasteiger charge is -2.22. The lowest BCUT2D eigenvalue weighted by molar-refractivity contribution is 0.0761. The van der Waals surface area contributed by atoms with Crippen molar-refractivity contribution in [3.05, 3.63) is 35.9 Å². The van der Waals surface area contributed by atoms with Crippen LogP contribution in [-0.4, -0.2) is 36.7 Å². The molecule has 0 saturated heterocycles. The molecule has 1 N–H and O–H groups in total. The molecule has 0 radical (unpaired) electrons. The van der Waals surface area contributed by atoms with Crippen molar-refractivity contribution in [1.29, 1.82) is 0 Å². The molecule has 19 heavy (non-hydrogen) atoms. The number of nitrogens with zero attached hydrogens (tertiary/aromatic N) is 1. The Kier molecular flexibility index (Phi) is 6.97. The van der Waals surface area contributed by atoms with Gasteiger partial charge in [-0.2, -0.15) is 0 Å². The van der Waals surface area contributed by atoms with Crippen LogP contribution in [0, 0.1) is 0 Å². The predicted octanol–water partition coefficient (Wildman–Crippen LogP) is 2.64. The van der Waals surface area contributed by atoms with Gasteiger partial charge in [-0.3, -0.25) is 0 Å². The first-order valence-corrected chi connectivity index (χ1v) is 6.85. The summed E-state index contributed by atoms with van der Waals surface area (Å²) in [6.07, 6.45) is 0.0457. The van der Waals surface area contributed by atoms with Crippen LogP contribution in [0.2, 0.25) is 0 Å². The summed E-state index contributed by atoms with van der Waals surface area (Å²) in [5.74, 6) is 0. The van der Waals surface area contributed by atoms with Gasteiger partial charge in [0.25, 0.3) is 0 Å². The van der Waals surface area contributed by atoms with Gasteiger partial charge in [-0.25, -0.2) is 4.79 Å². The zero-order valence-electron chi connectivity index (χ0n) is 12.1. The number of urea groups is 1. The fraction of sp³-hybridized carbons (Fsp3) is 0.533. The summed E-state index contributed by atoms with van der Waals surface area (Å²) in [6, 6.07) is 9.95. The first-order chi connectivity index (χ1) is 9.17. The highest BCUT2D eigenvalue weighted by Crippen LogP contribution is 2.04. The molecule has 1 rings (SSSR count). The number of hydrogen-bond acceptors (Lipinski definition) is 2. The summed E-state index contributed by atoms with van der Waals surface area (Å²) >= 11 is 0. The fourth-order valence-electron chi connectivity index (χ4n) is 1.82. The van der Waals surface area contributed by atoms with Gasteiger partial charge in [-0.15, -0.1) is 0 Å². The van der Waals surface area contributed by atoms with Crippen molar-refractivity contribution >= 4 is 6.03 Å². The average Bonchev–Trinajstić information content (AvgIpc) is 2.43. The van der Waals surface area contributed by atoms with Crippen LogP contribution in [0.5, 0.6) is 0 Å². The molecular formula is C15H24N2O2. The standard InChI is InChI=1S/C15H24N2O2/c1-4-17(12-14-9-7-6-8-10-14)15(18)16-11-13(3)19-5-2/h6-10,13H,4-5,11-12H2,1-3H3,(H,16,18)/t13-/m0/s1. The summed E-state index contributed by atoms with van der Waals surface area (Å²) in [4.78, 5) is 13.8. The third-order valence-corrected chi connectivity index (χ3v) is 2.88. The van der Waals surface area contributed by atoms with Crippen molar-refractivity contribution in [2.75, 3.05) is 19.7 Å². The van der Waals surface area contributed by atoms with E-state index in [-0.39, 0.29) is 12.1 Å². The molecule has 106 valence electrons. The Morgan fingerprint density at radius 1 is 1.32 bits per heavy atom. The van der Waals surface area contributed by atoms with Crippen LogP contribution in [0.3, 0.4) is 0 Å². The monoisotopic (exact) mass is 264 g/mol. The first kappa shape index (κ1) is 15.5. The quantitative estimate of drug-likeness (QED) is 0.822. The number of rotatable bonds is 7. The van der Waals surface area contributed by atoms with E-state index in [1.165, 1.54) is 0 Å². The van der Waals surface area contributed by atoms with Gasteiger partial charge in [0.15, 0.2) is 0 Å². The number of hydrogen-bond donors (Lipinski definition) is 1. The number of amides is 2. The smallest absolute Gasteiger partial charge is 0.317 e. The second-order valence-corrected chi connectivity index (χ2v) is 4.45. The minimum absolute atomic E-state index is 0.0436. The highest BCUT2D eigenvalue weighted by atomic mass is 16.5. The molecule has 0 unspecified atom stereocenters. The van der Waals surface area contributed by atoms with Crippen molar-refractivity contribution in [2.45, 2.75) is 33.4 Å². The van der Waals surface area contributed by atoms with Crippen LogP contribution < -0.4 is 5.32 Å². The van der Waals surface area contributed by atoms with Gasteiger partial charge in [0.1, 0.15) is 0 Å². The average molecular weight is 264 g/mol. The number of carbonyl (C=O) groups is 1. The Morgan fingerprint density at radius 3 is 2.58 bits per heavy atom. The number of nitrogens with one attached hydrogen (secondary N) is 1. The normalized spacial score (nSPS) is 11.9. The van der Waals surface area contributed by atoms with E-state index >= 15 is 0 Å². The lowest BCUT2D eigenvalue weighted by Crippen LogP contribution is -2.42. The van der Waals surface area contributed by atoms with E-state index in [0.29, 0.717) is 26.2 Å². The first-order valence-electron chi connectivity index (χ1n) is 6.85. The fourth-order valence-corrected chi connectivity index (χ4v) is 1.82. The van der Waals surface area contributed by atoms with Gasteiger partial charge in [-0.1, -0.05) is 30.3 Å². The zero-order chi connectivity index (χ0) is 14.1. The van der Waals surface area contributed by atoms with Gasteiger partial charge < -0.3 is 15.0 Å². The molecule has 4 nitrogen and oxygen atoms in total. The van der Waals surface area contributed by atoms with E-state index in [1.807, 2.05) is 51.1 Å². The van der Waals surface area contributed by atoms with Crippen LogP contribution >= 0.6 is 0 Å². The van der Waals surface area contributed by atoms with E-state index in [9.17, 15) is 4.79 Å².